The molecule has 2 heterocycles. The third-order valence-corrected chi connectivity index (χ3v) is 7.03. The summed E-state index contributed by atoms with van der Waals surface area (Å²) in [7, 11) is -4.17. The molecule has 2 aliphatic rings. The van der Waals surface area contributed by atoms with E-state index in [2.05, 4.69) is 10.0 Å². The van der Waals surface area contributed by atoms with Crippen LogP contribution in [0.15, 0.2) is 23.1 Å². The maximum absolute atomic E-state index is 12.9. The molecule has 0 bridgehead atoms. The minimum absolute atomic E-state index is 0.0745. The predicted octanol–water partition coefficient (Wildman–Crippen LogP) is 1.32. The van der Waals surface area contributed by atoms with Crippen molar-refractivity contribution in [2.24, 2.45) is 0 Å². The summed E-state index contributed by atoms with van der Waals surface area (Å²) in [6, 6.07) is 5.19. The lowest BCUT2D eigenvalue weighted by atomic mass is 9.78. The molecule has 26 heavy (non-hydrogen) atoms. The van der Waals surface area contributed by atoms with E-state index in [0.717, 1.165) is 30.4 Å². The van der Waals surface area contributed by atoms with E-state index in [9.17, 15) is 8.42 Å². The summed E-state index contributed by atoms with van der Waals surface area (Å²) in [6.45, 7) is 11.4. The highest BCUT2D eigenvalue weighted by Crippen LogP contribution is 2.36. The van der Waals surface area contributed by atoms with Gasteiger partial charge in [0.1, 0.15) is 0 Å². The molecule has 1 unspecified atom stereocenters. The fourth-order valence-corrected chi connectivity index (χ4v) is 4.70. The molecule has 0 amide bonds. The number of sulfonamides is 1. The highest BCUT2D eigenvalue weighted by atomic mass is 32.2. The first-order chi connectivity index (χ1) is 12.0. The number of nitrogens with one attached hydrogen (secondary N) is 2. The summed E-state index contributed by atoms with van der Waals surface area (Å²) < 4.78 is 40.7. The van der Waals surface area contributed by atoms with Gasteiger partial charge in [-0.2, -0.15) is 0 Å². The van der Waals surface area contributed by atoms with Crippen LogP contribution in [-0.4, -0.2) is 45.9 Å². The standard InChI is InChI=1S/C18H29BN2O4S/c1-13-9-14(19-24-17(2,3)18(4,5)25-19)11-16(10-13)26(22,23)21-15-7-6-8-20-12-15/h9-11,15,20-21H,6-8,12H2,1-5H3. The molecule has 0 saturated carbocycles. The van der Waals surface area contributed by atoms with Crippen molar-refractivity contribution in [2.45, 2.75) is 69.6 Å². The Balaban J connectivity index is 1.86. The number of hydrogen-bond acceptors (Lipinski definition) is 5. The van der Waals surface area contributed by atoms with Crippen molar-refractivity contribution < 1.29 is 17.7 Å². The smallest absolute Gasteiger partial charge is 0.399 e. The SMILES string of the molecule is Cc1cc(B2OC(C)(C)C(C)(C)O2)cc(S(=O)(=O)NC2CCCNC2)c1. The third-order valence-electron chi connectivity index (χ3n) is 5.53. The van der Waals surface area contributed by atoms with Gasteiger partial charge in [0.15, 0.2) is 0 Å². The number of hydrogen-bond donors (Lipinski definition) is 2. The van der Waals surface area contributed by atoms with Crippen LogP contribution in [0.2, 0.25) is 0 Å². The molecule has 6 nitrogen and oxygen atoms in total. The molecular formula is C18H29BN2O4S. The Morgan fingerprint density at radius 3 is 2.38 bits per heavy atom. The van der Waals surface area contributed by atoms with Gasteiger partial charge in [-0.3, -0.25) is 0 Å². The summed E-state index contributed by atoms with van der Waals surface area (Å²) in [5.41, 5.74) is 0.656. The topological polar surface area (TPSA) is 76.7 Å². The van der Waals surface area contributed by atoms with Crippen LogP contribution in [0.1, 0.15) is 46.1 Å². The van der Waals surface area contributed by atoms with E-state index in [1.54, 1.807) is 12.1 Å². The first-order valence-electron chi connectivity index (χ1n) is 9.20. The molecule has 0 aliphatic carbocycles. The third kappa shape index (κ3) is 3.99. The molecule has 2 saturated heterocycles. The number of rotatable bonds is 4. The van der Waals surface area contributed by atoms with Crippen LogP contribution in [0.4, 0.5) is 0 Å². The molecule has 1 aromatic rings. The van der Waals surface area contributed by atoms with E-state index in [4.69, 9.17) is 9.31 Å². The van der Waals surface area contributed by atoms with Crippen molar-refractivity contribution in [1.82, 2.24) is 10.0 Å². The van der Waals surface area contributed by atoms with Gasteiger partial charge in [0, 0.05) is 12.6 Å². The fraction of sp³-hybridized carbons (Fsp3) is 0.667. The van der Waals surface area contributed by atoms with Gasteiger partial charge in [-0.1, -0.05) is 11.6 Å². The Kier molecular flexibility index (Phi) is 5.27. The minimum Gasteiger partial charge on any atom is -0.399 e. The van der Waals surface area contributed by atoms with Crippen molar-refractivity contribution in [3.05, 3.63) is 23.8 Å². The van der Waals surface area contributed by atoms with Crippen LogP contribution >= 0.6 is 0 Å². The van der Waals surface area contributed by atoms with Crippen molar-refractivity contribution in [2.75, 3.05) is 13.1 Å². The van der Waals surface area contributed by atoms with E-state index >= 15 is 0 Å². The summed E-state index contributed by atoms with van der Waals surface area (Å²) in [5.74, 6) is 0. The Morgan fingerprint density at radius 2 is 1.81 bits per heavy atom. The summed E-state index contributed by atoms with van der Waals surface area (Å²) in [5, 5.41) is 3.23. The van der Waals surface area contributed by atoms with Gasteiger partial charge in [0.2, 0.25) is 10.0 Å². The average molecular weight is 380 g/mol. The van der Waals surface area contributed by atoms with E-state index in [1.165, 1.54) is 0 Å². The first kappa shape index (κ1) is 19.8. The zero-order valence-electron chi connectivity index (χ0n) is 16.3. The molecule has 0 radical (unpaired) electrons. The second kappa shape index (κ2) is 6.91. The molecule has 1 atom stereocenters. The van der Waals surface area contributed by atoms with E-state index < -0.39 is 28.3 Å². The second-order valence-electron chi connectivity index (χ2n) is 8.33. The van der Waals surface area contributed by atoms with E-state index in [0.29, 0.717) is 6.54 Å². The van der Waals surface area contributed by atoms with Crippen LogP contribution in [0, 0.1) is 6.92 Å². The lowest BCUT2D eigenvalue weighted by molar-refractivity contribution is 0.00578. The van der Waals surface area contributed by atoms with Gasteiger partial charge < -0.3 is 14.6 Å². The summed E-state index contributed by atoms with van der Waals surface area (Å²) in [4.78, 5) is 0.257. The van der Waals surface area contributed by atoms with Gasteiger partial charge in [-0.15, -0.1) is 0 Å². The van der Waals surface area contributed by atoms with Crippen molar-refractivity contribution in [3.8, 4) is 0 Å². The Labute approximate surface area is 157 Å². The molecule has 0 aromatic heterocycles. The minimum atomic E-state index is -3.59. The molecule has 144 valence electrons. The van der Waals surface area contributed by atoms with Gasteiger partial charge in [-0.05, 0) is 71.6 Å². The van der Waals surface area contributed by atoms with Gasteiger partial charge in [0.05, 0.1) is 16.1 Å². The Hall–Kier alpha value is -0.925. The largest absolute Gasteiger partial charge is 0.494 e. The Morgan fingerprint density at radius 1 is 1.15 bits per heavy atom. The zero-order valence-corrected chi connectivity index (χ0v) is 17.1. The van der Waals surface area contributed by atoms with Gasteiger partial charge in [-0.25, -0.2) is 13.1 Å². The normalized spacial score (nSPS) is 25.4. The molecular weight excluding hydrogens is 351 g/mol. The summed E-state index contributed by atoms with van der Waals surface area (Å²) in [6.07, 6.45) is 1.82. The molecule has 2 aliphatic heterocycles. The zero-order chi connectivity index (χ0) is 19.2. The lowest BCUT2D eigenvalue weighted by Crippen LogP contribution is -2.45. The average Bonchev–Trinajstić information content (AvgIpc) is 2.75. The molecule has 0 spiro atoms. The van der Waals surface area contributed by atoms with Gasteiger partial charge >= 0.3 is 7.12 Å². The lowest BCUT2D eigenvalue weighted by Gasteiger charge is -2.32. The van der Waals surface area contributed by atoms with E-state index in [-0.39, 0.29) is 10.9 Å². The number of benzene rings is 1. The van der Waals surface area contributed by atoms with Crippen LogP contribution in [0.25, 0.3) is 0 Å². The Bertz CT molecular complexity index is 757. The molecule has 8 heteroatoms. The van der Waals surface area contributed by atoms with Crippen molar-refractivity contribution in [3.63, 3.8) is 0 Å². The molecule has 1 aromatic carbocycles. The van der Waals surface area contributed by atoms with Gasteiger partial charge in [0.25, 0.3) is 0 Å². The highest BCUT2D eigenvalue weighted by molar-refractivity contribution is 7.89. The van der Waals surface area contributed by atoms with Crippen LogP contribution in [-0.2, 0) is 19.3 Å². The van der Waals surface area contributed by atoms with Crippen molar-refractivity contribution >= 4 is 22.6 Å². The number of piperidine rings is 1. The van der Waals surface area contributed by atoms with Crippen LogP contribution < -0.4 is 15.5 Å². The van der Waals surface area contributed by atoms with E-state index in [1.807, 2.05) is 40.7 Å². The molecule has 3 rings (SSSR count). The predicted molar refractivity (Wildman–Crippen MR) is 103 cm³/mol. The van der Waals surface area contributed by atoms with Crippen LogP contribution in [0.3, 0.4) is 0 Å². The maximum Gasteiger partial charge on any atom is 0.494 e. The first-order valence-corrected chi connectivity index (χ1v) is 10.7. The molecule has 2 fully saturated rings. The summed E-state index contributed by atoms with van der Waals surface area (Å²) >= 11 is 0. The molecule has 2 N–H and O–H groups in total. The quantitative estimate of drug-likeness (QED) is 0.771. The fourth-order valence-electron chi connectivity index (χ4n) is 3.29. The van der Waals surface area contributed by atoms with Crippen molar-refractivity contribution in [1.29, 1.82) is 0 Å². The van der Waals surface area contributed by atoms with Crippen LogP contribution in [0.5, 0.6) is 0 Å². The second-order valence-corrected chi connectivity index (χ2v) is 10.0. The highest BCUT2D eigenvalue weighted by Gasteiger charge is 2.51. The maximum atomic E-state index is 12.9. The monoisotopic (exact) mass is 380 g/mol. The number of aryl methyl sites for hydroxylation is 1.